The number of hydrogen-bond acceptors (Lipinski definition) is 5. The Kier molecular flexibility index (Phi) is 4.75. The van der Waals surface area contributed by atoms with Crippen molar-refractivity contribution in [2.45, 2.75) is 32.4 Å². The van der Waals surface area contributed by atoms with Crippen molar-refractivity contribution in [1.82, 2.24) is 24.8 Å². The number of aryl methyl sites for hydroxylation is 2. The van der Waals surface area contributed by atoms with Crippen LogP contribution in [0, 0.1) is 0 Å². The number of nitrogens with one attached hydrogen (secondary N) is 1. The van der Waals surface area contributed by atoms with Gasteiger partial charge >= 0.3 is 0 Å². The Morgan fingerprint density at radius 1 is 1.50 bits per heavy atom. The van der Waals surface area contributed by atoms with E-state index in [1.54, 1.807) is 11.8 Å². The number of imidazole rings is 1. The standard InChI is InChI=1S/C13H22N6O/c1-4-6-19-7-5-15-12(19)8-10(16-14)11-9-13(20-3)18(2)17-11/h5,7,9-10,16H,4,6,8,14H2,1-3H3. The molecule has 0 aromatic carbocycles. The first-order valence-electron chi connectivity index (χ1n) is 6.73. The lowest BCUT2D eigenvalue weighted by Crippen LogP contribution is -2.30. The second kappa shape index (κ2) is 6.53. The Balaban J connectivity index is 2.17. The molecular weight excluding hydrogens is 256 g/mol. The second-order valence-electron chi connectivity index (χ2n) is 4.70. The van der Waals surface area contributed by atoms with Gasteiger partial charge in [-0.15, -0.1) is 0 Å². The number of ether oxygens (including phenoxy) is 1. The molecule has 0 aliphatic carbocycles. The van der Waals surface area contributed by atoms with Crippen molar-refractivity contribution in [3.05, 3.63) is 30.0 Å². The van der Waals surface area contributed by atoms with Gasteiger partial charge in [-0.3, -0.25) is 11.3 Å². The van der Waals surface area contributed by atoms with Gasteiger partial charge in [0.05, 0.1) is 18.8 Å². The van der Waals surface area contributed by atoms with E-state index in [9.17, 15) is 0 Å². The van der Waals surface area contributed by atoms with Gasteiger partial charge in [0, 0.05) is 38.5 Å². The molecule has 2 aromatic heterocycles. The Morgan fingerprint density at radius 3 is 2.90 bits per heavy atom. The molecule has 0 amide bonds. The number of rotatable bonds is 7. The first-order chi connectivity index (χ1) is 9.69. The van der Waals surface area contributed by atoms with Crippen LogP contribution in [0.25, 0.3) is 0 Å². The van der Waals surface area contributed by atoms with E-state index in [1.165, 1.54) is 0 Å². The molecule has 2 heterocycles. The normalized spacial score (nSPS) is 12.6. The van der Waals surface area contributed by atoms with Crippen molar-refractivity contribution >= 4 is 0 Å². The SMILES string of the molecule is CCCn1ccnc1CC(NN)c1cc(OC)n(C)n1. The lowest BCUT2D eigenvalue weighted by atomic mass is 10.1. The Bertz CT molecular complexity index is 547. The van der Waals surface area contributed by atoms with E-state index in [0.717, 1.165) is 24.5 Å². The predicted molar refractivity (Wildman–Crippen MR) is 76.0 cm³/mol. The molecule has 2 aromatic rings. The molecule has 2 rings (SSSR count). The van der Waals surface area contributed by atoms with E-state index in [4.69, 9.17) is 10.6 Å². The monoisotopic (exact) mass is 278 g/mol. The van der Waals surface area contributed by atoms with Gasteiger partial charge in [0.2, 0.25) is 5.88 Å². The minimum Gasteiger partial charge on any atom is -0.481 e. The van der Waals surface area contributed by atoms with E-state index in [-0.39, 0.29) is 6.04 Å². The Morgan fingerprint density at radius 2 is 2.30 bits per heavy atom. The van der Waals surface area contributed by atoms with Gasteiger partial charge in [0.25, 0.3) is 0 Å². The number of nitrogens with two attached hydrogens (primary N) is 1. The molecule has 1 unspecified atom stereocenters. The number of methoxy groups -OCH3 is 1. The summed E-state index contributed by atoms with van der Waals surface area (Å²) in [5.74, 6) is 7.37. The number of nitrogens with zero attached hydrogens (tertiary/aromatic N) is 4. The van der Waals surface area contributed by atoms with Crippen molar-refractivity contribution in [3.63, 3.8) is 0 Å². The van der Waals surface area contributed by atoms with Gasteiger partial charge in [-0.1, -0.05) is 6.92 Å². The Labute approximate surface area is 118 Å². The number of hydrazine groups is 1. The van der Waals surface area contributed by atoms with Gasteiger partial charge in [0.15, 0.2) is 0 Å². The highest BCUT2D eigenvalue weighted by atomic mass is 16.5. The molecule has 1 atom stereocenters. The average molecular weight is 278 g/mol. The Hall–Kier alpha value is -1.86. The molecule has 7 nitrogen and oxygen atoms in total. The van der Waals surface area contributed by atoms with Gasteiger partial charge in [0.1, 0.15) is 5.82 Å². The molecular formula is C13H22N6O. The third-order valence-electron chi connectivity index (χ3n) is 3.28. The van der Waals surface area contributed by atoms with E-state index < -0.39 is 0 Å². The van der Waals surface area contributed by atoms with Crippen molar-refractivity contribution in [3.8, 4) is 5.88 Å². The fraction of sp³-hybridized carbons (Fsp3) is 0.538. The zero-order chi connectivity index (χ0) is 14.5. The van der Waals surface area contributed by atoms with Gasteiger partial charge in [-0.05, 0) is 6.42 Å². The molecule has 0 spiro atoms. The first-order valence-corrected chi connectivity index (χ1v) is 6.73. The fourth-order valence-electron chi connectivity index (χ4n) is 2.24. The second-order valence-corrected chi connectivity index (χ2v) is 4.70. The minimum absolute atomic E-state index is 0.0943. The maximum absolute atomic E-state index is 5.67. The summed E-state index contributed by atoms with van der Waals surface area (Å²) in [4.78, 5) is 4.40. The van der Waals surface area contributed by atoms with Crippen LogP contribution in [0.2, 0.25) is 0 Å². The van der Waals surface area contributed by atoms with Crippen molar-refractivity contribution in [2.24, 2.45) is 12.9 Å². The van der Waals surface area contributed by atoms with Gasteiger partial charge in [-0.25, -0.2) is 9.67 Å². The molecule has 7 heteroatoms. The van der Waals surface area contributed by atoms with E-state index >= 15 is 0 Å². The van der Waals surface area contributed by atoms with E-state index in [1.807, 2.05) is 25.5 Å². The van der Waals surface area contributed by atoms with E-state index in [2.05, 4.69) is 27.0 Å². The predicted octanol–water partition coefficient (Wildman–Crippen LogP) is 0.782. The maximum Gasteiger partial charge on any atom is 0.211 e. The van der Waals surface area contributed by atoms with Crippen LogP contribution in [-0.2, 0) is 20.0 Å². The van der Waals surface area contributed by atoms with Gasteiger partial charge < -0.3 is 9.30 Å². The molecule has 0 saturated heterocycles. The third kappa shape index (κ3) is 3.00. The van der Waals surface area contributed by atoms with Crippen molar-refractivity contribution < 1.29 is 4.74 Å². The van der Waals surface area contributed by atoms with Crippen molar-refractivity contribution in [1.29, 1.82) is 0 Å². The molecule has 20 heavy (non-hydrogen) atoms. The minimum atomic E-state index is -0.0943. The van der Waals surface area contributed by atoms with Crippen molar-refractivity contribution in [2.75, 3.05) is 7.11 Å². The summed E-state index contributed by atoms with van der Waals surface area (Å²) < 4.78 is 9.06. The average Bonchev–Trinajstić information content (AvgIpc) is 3.03. The molecule has 0 bridgehead atoms. The fourth-order valence-corrected chi connectivity index (χ4v) is 2.24. The number of aromatic nitrogens is 4. The molecule has 3 N–H and O–H groups in total. The third-order valence-corrected chi connectivity index (χ3v) is 3.28. The zero-order valence-corrected chi connectivity index (χ0v) is 12.2. The molecule has 110 valence electrons. The van der Waals surface area contributed by atoms with E-state index in [0.29, 0.717) is 12.3 Å². The largest absolute Gasteiger partial charge is 0.481 e. The van der Waals surface area contributed by atoms with Crippen LogP contribution >= 0.6 is 0 Å². The molecule has 0 fully saturated rings. The summed E-state index contributed by atoms with van der Waals surface area (Å²) in [6.07, 6.45) is 5.56. The lowest BCUT2D eigenvalue weighted by molar-refractivity contribution is 0.373. The molecule has 0 aliphatic heterocycles. The van der Waals surface area contributed by atoms with Crippen LogP contribution < -0.4 is 16.0 Å². The summed E-state index contributed by atoms with van der Waals surface area (Å²) in [6.45, 7) is 3.10. The quantitative estimate of drug-likeness (QED) is 0.578. The van der Waals surface area contributed by atoms with Crippen LogP contribution in [0.1, 0.15) is 30.9 Å². The van der Waals surface area contributed by atoms with Crippen LogP contribution in [-0.4, -0.2) is 26.4 Å². The smallest absolute Gasteiger partial charge is 0.211 e. The molecule has 0 aliphatic rings. The van der Waals surface area contributed by atoms with Crippen LogP contribution in [0.5, 0.6) is 5.88 Å². The van der Waals surface area contributed by atoms with Crippen LogP contribution in [0.15, 0.2) is 18.5 Å². The molecule has 0 radical (unpaired) electrons. The molecule has 0 saturated carbocycles. The summed E-state index contributed by atoms with van der Waals surface area (Å²) in [5.41, 5.74) is 3.65. The van der Waals surface area contributed by atoms with Crippen LogP contribution in [0.3, 0.4) is 0 Å². The maximum atomic E-state index is 5.67. The first kappa shape index (κ1) is 14.5. The van der Waals surface area contributed by atoms with Gasteiger partial charge in [-0.2, -0.15) is 5.10 Å². The summed E-state index contributed by atoms with van der Waals surface area (Å²) >= 11 is 0. The highest BCUT2D eigenvalue weighted by Crippen LogP contribution is 2.20. The zero-order valence-electron chi connectivity index (χ0n) is 12.2. The highest BCUT2D eigenvalue weighted by molar-refractivity contribution is 5.19. The summed E-state index contributed by atoms with van der Waals surface area (Å²) in [5, 5.41) is 4.42. The highest BCUT2D eigenvalue weighted by Gasteiger charge is 2.18. The lowest BCUT2D eigenvalue weighted by Gasteiger charge is -2.14. The summed E-state index contributed by atoms with van der Waals surface area (Å²) in [7, 11) is 3.47. The number of hydrogen-bond donors (Lipinski definition) is 2. The summed E-state index contributed by atoms with van der Waals surface area (Å²) in [6, 6.07) is 1.79. The topological polar surface area (TPSA) is 82.9 Å². The van der Waals surface area contributed by atoms with Crippen LogP contribution in [0.4, 0.5) is 0 Å².